The Hall–Kier alpha value is -0.640. The van der Waals surface area contributed by atoms with Crippen LogP contribution in [0.2, 0.25) is 0 Å². The first-order chi connectivity index (χ1) is 5.11. The van der Waals surface area contributed by atoms with Crippen LogP contribution < -0.4 is 5.32 Å². The van der Waals surface area contributed by atoms with Crippen LogP contribution in [0.3, 0.4) is 0 Å². The SMILES string of the molecule is [CH2]C(NC(CC)CC)[N+](=O)[O-]. The monoisotopic (exact) mass is 159 g/mol. The van der Waals surface area contributed by atoms with Crippen LogP contribution in [0.1, 0.15) is 26.7 Å². The summed E-state index contributed by atoms with van der Waals surface area (Å²) in [6, 6.07) is 0.211. The molecule has 0 fully saturated rings. The highest BCUT2D eigenvalue weighted by molar-refractivity contribution is 4.66. The molecule has 1 N–H and O–H groups in total. The molecule has 11 heavy (non-hydrogen) atoms. The Bertz CT molecular complexity index is 124. The van der Waals surface area contributed by atoms with Crippen molar-refractivity contribution in [2.75, 3.05) is 0 Å². The number of nitro groups is 1. The van der Waals surface area contributed by atoms with E-state index in [1.807, 2.05) is 13.8 Å². The van der Waals surface area contributed by atoms with E-state index in [1.165, 1.54) is 0 Å². The summed E-state index contributed by atoms with van der Waals surface area (Å²) in [5.41, 5.74) is 0. The lowest BCUT2D eigenvalue weighted by Gasteiger charge is -2.14. The molecular formula is C7H15N2O2. The average Bonchev–Trinajstić information content (AvgIpc) is 1.99. The Kier molecular flexibility index (Phi) is 4.77. The zero-order valence-corrected chi connectivity index (χ0v) is 7.04. The minimum atomic E-state index is -0.875. The Morgan fingerprint density at radius 1 is 1.55 bits per heavy atom. The third-order valence-corrected chi connectivity index (χ3v) is 1.67. The van der Waals surface area contributed by atoms with Crippen molar-refractivity contribution in [3.05, 3.63) is 17.0 Å². The van der Waals surface area contributed by atoms with Gasteiger partial charge in [-0.15, -0.1) is 0 Å². The molecule has 0 amide bonds. The molecule has 1 atom stereocenters. The fourth-order valence-corrected chi connectivity index (χ4v) is 0.857. The fourth-order valence-electron chi connectivity index (χ4n) is 0.857. The predicted molar refractivity (Wildman–Crippen MR) is 43.6 cm³/mol. The smallest absolute Gasteiger partial charge is 0.263 e. The number of hydrogen-bond acceptors (Lipinski definition) is 3. The third-order valence-electron chi connectivity index (χ3n) is 1.67. The largest absolute Gasteiger partial charge is 0.266 e. The van der Waals surface area contributed by atoms with Crippen LogP contribution >= 0.6 is 0 Å². The van der Waals surface area contributed by atoms with Gasteiger partial charge in [-0.2, -0.15) is 0 Å². The van der Waals surface area contributed by atoms with Crippen molar-refractivity contribution < 1.29 is 4.92 Å². The molecule has 0 aromatic carbocycles. The number of nitrogens with one attached hydrogen (secondary N) is 1. The Morgan fingerprint density at radius 2 is 2.00 bits per heavy atom. The van der Waals surface area contributed by atoms with Crippen molar-refractivity contribution in [2.45, 2.75) is 38.9 Å². The summed E-state index contributed by atoms with van der Waals surface area (Å²) in [5.74, 6) is 0. The van der Waals surface area contributed by atoms with Crippen LogP contribution in [0, 0.1) is 17.0 Å². The quantitative estimate of drug-likeness (QED) is 0.372. The van der Waals surface area contributed by atoms with Crippen molar-refractivity contribution in [1.29, 1.82) is 0 Å². The van der Waals surface area contributed by atoms with Crippen LogP contribution in [0.4, 0.5) is 0 Å². The van der Waals surface area contributed by atoms with Crippen LogP contribution in [-0.2, 0) is 0 Å². The van der Waals surface area contributed by atoms with Crippen molar-refractivity contribution in [3.8, 4) is 0 Å². The third kappa shape index (κ3) is 3.93. The van der Waals surface area contributed by atoms with Crippen molar-refractivity contribution in [1.82, 2.24) is 5.32 Å². The Balaban J connectivity index is 3.71. The molecule has 65 valence electrons. The Morgan fingerprint density at radius 3 is 2.27 bits per heavy atom. The lowest BCUT2D eigenvalue weighted by molar-refractivity contribution is -0.518. The first-order valence-corrected chi connectivity index (χ1v) is 3.84. The van der Waals surface area contributed by atoms with Gasteiger partial charge in [0.1, 0.15) is 0 Å². The maximum atomic E-state index is 10.1. The lowest BCUT2D eigenvalue weighted by atomic mass is 10.2. The van der Waals surface area contributed by atoms with Gasteiger partial charge in [-0.25, -0.2) is 0 Å². The van der Waals surface area contributed by atoms with Gasteiger partial charge in [0.15, 0.2) is 0 Å². The maximum Gasteiger partial charge on any atom is 0.266 e. The average molecular weight is 159 g/mol. The van der Waals surface area contributed by atoms with Gasteiger partial charge in [0.05, 0.1) is 0 Å². The van der Waals surface area contributed by atoms with Crippen LogP contribution in [0.15, 0.2) is 0 Å². The maximum absolute atomic E-state index is 10.1. The second-order valence-corrected chi connectivity index (χ2v) is 2.48. The van der Waals surface area contributed by atoms with Gasteiger partial charge in [0, 0.05) is 17.9 Å². The second-order valence-electron chi connectivity index (χ2n) is 2.48. The van der Waals surface area contributed by atoms with E-state index in [4.69, 9.17) is 0 Å². The summed E-state index contributed by atoms with van der Waals surface area (Å²) < 4.78 is 0. The zero-order valence-electron chi connectivity index (χ0n) is 7.04. The normalized spacial score (nSPS) is 13.5. The van der Waals surface area contributed by atoms with Crippen molar-refractivity contribution in [3.63, 3.8) is 0 Å². The highest BCUT2D eigenvalue weighted by Crippen LogP contribution is 1.97. The van der Waals surface area contributed by atoms with Crippen LogP contribution in [0.5, 0.6) is 0 Å². The molecule has 0 saturated carbocycles. The molecule has 0 aliphatic carbocycles. The predicted octanol–water partition coefficient (Wildman–Crippen LogP) is 1.20. The Labute approximate surface area is 67.1 Å². The van der Waals surface area contributed by atoms with Crippen molar-refractivity contribution in [2.24, 2.45) is 0 Å². The molecule has 0 spiro atoms. The first kappa shape index (κ1) is 10.4. The van der Waals surface area contributed by atoms with Crippen LogP contribution in [-0.4, -0.2) is 17.1 Å². The number of hydrogen-bond donors (Lipinski definition) is 1. The summed E-state index contributed by atoms with van der Waals surface area (Å²) >= 11 is 0. The van der Waals surface area contributed by atoms with E-state index in [1.54, 1.807) is 0 Å². The van der Waals surface area contributed by atoms with Gasteiger partial charge in [0.25, 0.3) is 6.17 Å². The second kappa shape index (κ2) is 5.07. The van der Waals surface area contributed by atoms with E-state index < -0.39 is 11.1 Å². The fraction of sp³-hybridized carbons (Fsp3) is 0.857. The van der Waals surface area contributed by atoms with E-state index in [0.717, 1.165) is 12.8 Å². The van der Waals surface area contributed by atoms with E-state index in [-0.39, 0.29) is 6.04 Å². The van der Waals surface area contributed by atoms with E-state index in [9.17, 15) is 10.1 Å². The molecule has 0 rings (SSSR count). The first-order valence-electron chi connectivity index (χ1n) is 3.84. The molecule has 0 aliphatic heterocycles. The molecule has 0 heterocycles. The van der Waals surface area contributed by atoms with Crippen LogP contribution in [0.25, 0.3) is 0 Å². The molecular weight excluding hydrogens is 144 g/mol. The zero-order chi connectivity index (χ0) is 8.85. The van der Waals surface area contributed by atoms with E-state index in [2.05, 4.69) is 12.2 Å². The summed E-state index contributed by atoms with van der Waals surface area (Å²) in [6.07, 6.45) is 0.923. The summed E-state index contributed by atoms with van der Waals surface area (Å²) in [4.78, 5) is 9.73. The topological polar surface area (TPSA) is 55.2 Å². The number of rotatable bonds is 5. The van der Waals surface area contributed by atoms with E-state index in [0.29, 0.717) is 0 Å². The van der Waals surface area contributed by atoms with E-state index >= 15 is 0 Å². The van der Waals surface area contributed by atoms with Gasteiger partial charge < -0.3 is 0 Å². The summed E-state index contributed by atoms with van der Waals surface area (Å²) in [6.45, 7) is 7.35. The molecule has 0 bridgehead atoms. The van der Waals surface area contributed by atoms with Gasteiger partial charge in [-0.1, -0.05) is 13.8 Å². The minimum absolute atomic E-state index is 0.211. The van der Waals surface area contributed by atoms with Gasteiger partial charge in [0.2, 0.25) is 0 Å². The molecule has 0 aliphatic rings. The molecule has 0 aromatic rings. The standard InChI is InChI=1S/C7H15N2O2/c1-4-7(5-2)8-6(3)9(10)11/h6-8H,3-5H2,1-2H3. The molecule has 0 aromatic heterocycles. The van der Waals surface area contributed by atoms with Gasteiger partial charge in [-0.3, -0.25) is 15.4 Å². The molecule has 4 heteroatoms. The molecule has 0 saturated heterocycles. The lowest BCUT2D eigenvalue weighted by Crippen LogP contribution is -2.40. The summed E-state index contributed by atoms with van der Waals surface area (Å²) in [7, 11) is 0. The number of nitrogens with zero attached hydrogens (tertiary/aromatic N) is 1. The van der Waals surface area contributed by atoms with Gasteiger partial charge in [-0.05, 0) is 12.8 Å². The van der Waals surface area contributed by atoms with Gasteiger partial charge >= 0.3 is 0 Å². The molecule has 1 unspecified atom stereocenters. The van der Waals surface area contributed by atoms with Crippen molar-refractivity contribution >= 4 is 0 Å². The summed E-state index contributed by atoms with van der Waals surface area (Å²) in [5, 5.41) is 13.0. The minimum Gasteiger partial charge on any atom is -0.263 e. The highest BCUT2D eigenvalue weighted by atomic mass is 16.6. The molecule has 4 nitrogen and oxygen atoms in total. The highest BCUT2D eigenvalue weighted by Gasteiger charge is 2.15. The molecule has 1 radical (unpaired) electrons.